The maximum atomic E-state index is 14.0. The highest BCUT2D eigenvalue weighted by Gasteiger charge is 2.08. The Labute approximate surface area is 112 Å². The number of phenols is 1. The number of halogens is 1. The highest BCUT2D eigenvalue weighted by molar-refractivity contribution is 5.67. The van der Waals surface area contributed by atoms with Gasteiger partial charge in [0.25, 0.3) is 0 Å². The Morgan fingerprint density at radius 2 is 1.89 bits per heavy atom. The Morgan fingerprint density at radius 3 is 2.47 bits per heavy atom. The average molecular weight is 260 g/mol. The molecule has 0 aliphatic carbocycles. The third kappa shape index (κ3) is 2.93. The van der Waals surface area contributed by atoms with Crippen LogP contribution < -0.4 is 0 Å². The molecule has 0 aromatic heterocycles. The lowest BCUT2D eigenvalue weighted by atomic mass is 10.00. The Kier molecular flexibility index (Phi) is 4.17. The van der Waals surface area contributed by atoms with Gasteiger partial charge in [0.2, 0.25) is 0 Å². The first kappa shape index (κ1) is 13.6. The van der Waals surface area contributed by atoms with E-state index in [-0.39, 0.29) is 18.2 Å². The zero-order chi connectivity index (χ0) is 13.8. The zero-order valence-electron chi connectivity index (χ0n) is 10.9. The number of aliphatic hydroxyl groups is 1. The molecule has 0 spiro atoms. The molecule has 0 fully saturated rings. The lowest BCUT2D eigenvalue weighted by Crippen LogP contribution is -1.90. The molecule has 2 nitrogen and oxygen atoms in total. The molecule has 0 saturated carbocycles. The summed E-state index contributed by atoms with van der Waals surface area (Å²) in [5.74, 6) is -0.306. The Hall–Kier alpha value is -1.87. The molecule has 0 saturated heterocycles. The van der Waals surface area contributed by atoms with Gasteiger partial charge in [0.1, 0.15) is 11.6 Å². The lowest BCUT2D eigenvalue weighted by molar-refractivity contribution is 0.275. The molecule has 0 atom stereocenters. The van der Waals surface area contributed by atoms with Crippen molar-refractivity contribution in [2.75, 3.05) is 0 Å². The van der Waals surface area contributed by atoms with Gasteiger partial charge in [-0.1, -0.05) is 37.6 Å². The first-order chi connectivity index (χ1) is 9.15. The van der Waals surface area contributed by atoms with Crippen molar-refractivity contribution in [2.45, 2.75) is 26.4 Å². The van der Waals surface area contributed by atoms with Gasteiger partial charge in [0.15, 0.2) is 0 Å². The molecule has 0 unspecified atom stereocenters. The number of aryl methyl sites for hydroxylation is 1. The number of aliphatic hydroxyl groups excluding tert-OH is 1. The third-order valence-electron chi connectivity index (χ3n) is 3.14. The summed E-state index contributed by atoms with van der Waals surface area (Å²) in [6.45, 7) is 1.82. The van der Waals surface area contributed by atoms with Crippen LogP contribution in [0.5, 0.6) is 5.75 Å². The van der Waals surface area contributed by atoms with Crippen LogP contribution in [0.2, 0.25) is 0 Å². The van der Waals surface area contributed by atoms with E-state index in [1.165, 1.54) is 12.1 Å². The molecule has 0 bridgehead atoms. The Bertz CT molecular complexity index is 579. The predicted octanol–water partition coefficient (Wildman–Crippen LogP) is 3.64. The van der Waals surface area contributed by atoms with E-state index in [0.29, 0.717) is 16.7 Å². The van der Waals surface area contributed by atoms with Crippen molar-refractivity contribution in [3.05, 3.63) is 53.3 Å². The van der Waals surface area contributed by atoms with Crippen molar-refractivity contribution in [1.82, 2.24) is 0 Å². The average Bonchev–Trinajstić information content (AvgIpc) is 2.39. The predicted molar refractivity (Wildman–Crippen MR) is 73.4 cm³/mol. The molecule has 0 amide bonds. The Balaban J connectivity index is 2.39. The minimum atomic E-state index is -0.290. The normalized spacial score (nSPS) is 10.7. The molecule has 100 valence electrons. The minimum absolute atomic E-state index is 0.0166. The summed E-state index contributed by atoms with van der Waals surface area (Å²) in [5, 5.41) is 18.7. The second kappa shape index (κ2) is 5.85. The monoisotopic (exact) mass is 260 g/mol. The van der Waals surface area contributed by atoms with E-state index in [0.717, 1.165) is 18.4 Å². The first-order valence-electron chi connectivity index (χ1n) is 6.37. The second-order valence-corrected chi connectivity index (χ2v) is 4.57. The van der Waals surface area contributed by atoms with Crippen LogP contribution in [0, 0.1) is 5.82 Å². The second-order valence-electron chi connectivity index (χ2n) is 4.57. The fourth-order valence-electron chi connectivity index (χ4n) is 2.10. The molecule has 0 heterocycles. The molecule has 0 radical (unpaired) electrons. The molecule has 2 N–H and O–H groups in total. The summed E-state index contributed by atoms with van der Waals surface area (Å²) in [6.07, 6.45) is 1.83. The van der Waals surface area contributed by atoms with Gasteiger partial charge in [0.05, 0.1) is 6.61 Å². The molecule has 2 rings (SSSR count). The maximum absolute atomic E-state index is 14.0. The first-order valence-corrected chi connectivity index (χ1v) is 6.37. The fraction of sp³-hybridized carbons (Fsp3) is 0.250. The third-order valence-corrected chi connectivity index (χ3v) is 3.14. The standard InChI is InChI=1S/C16H17FO2/c1-2-3-11-4-7-14(15(17)8-11)12-5-6-13(10-18)16(19)9-12/h4-9,18-19H,2-3,10H2,1H3. The van der Waals surface area contributed by atoms with Crippen molar-refractivity contribution >= 4 is 0 Å². The largest absolute Gasteiger partial charge is 0.508 e. The van der Waals surface area contributed by atoms with E-state index in [4.69, 9.17) is 5.11 Å². The van der Waals surface area contributed by atoms with Gasteiger partial charge in [-0.2, -0.15) is 0 Å². The molecule has 2 aromatic carbocycles. The number of benzene rings is 2. The minimum Gasteiger partial charge on any atom is -0.508 e. The van der Waals surface area contributed by atoms with Crippen LogP contribution in [0.3, 0.4) is 0 Å². The molecule has 0 aliphatic rings. The molecule has 0 aliphatic heterocycles. The van der Waals surface area contributed by atoms with Crippen molar-refractivity contribution in [3.63, 3.8) is 0 Å². The van der Waals surface area contributed by atoms with Crippen LogP contribution in [0.25, 0.3) is 11.1 Å². The summed E-state index contributed by atoms with van der Waals surface area (Å²) in [5.41, 5.74) is 2.47. The summed E-state index contributed by atoms with van der Waals surface area (Å²) in [7, 11) is 0. The van der Waals surface area contributed by atoms with Crippen LogP contribution in [0.4, 0.5) is 4.39 Å². The number of hydrogen-bond acceptors (Lipinski definition) is 2. The lowest BCUT2D eigenvalue weighted by Gasteiger charge is -2.08. The summed E-state index contributed by atoms with van der Waals surface area (Å²) in [4.78, 5) is 0. The van der Waals surface area contributed by atoms with Crippen molar-refractivity contribution < 1.29 is 14.6 Å². The van der Waals surface area contributed by atoms with Gasteiger partial charge in [-0.15, -0.1) is 0 Å². The Morgan fingerprint density at radius 1 is 1.11 bits per heavy atom. The maximum Gasteiger partial charge on any atom is 0.131 e. The van der Waals surface area contributed by atoms with E-state index in [1.54, 1.807) is 18.2 Å². The number of aromatic hydroxyl groups is 1. The van der Waals surface area contributed by atoms with E-state index >= 15 is 0 Å². The van der Waals surface area contributed by atoms with Crippen molar-refractivity contribution in [2.24, 2.45) is 0 Å². The summed E-state index contributed by atoms with van der Waals surface area (Å²) in [6, 6.07) is 9.94. The molecular formula is C16H17FO2. The van der Waals surface area contributed by atoms with Gasteiger partial charge in [0, 0.05) is 11.1 Å². The highest BCUT2D eigenvalue weighted by Crippen LogP contribution is 2.29. The summed E-state index contributed by atoms with van der Waals surface area (Å²) < 4.78 is 14.0. The van der Waals surface area contributed by atoms with Gasteiger partial charge >= 0.3 is 0 Å². The van der Waals surface area contributed by atoms with Gasteiger partial charge in [-0.3, -0.25) is 0 Å². The fourth-order valence-corrected chi connectivity index (χ4v) is 2.10. The topological polar surface area (TPSA) is 40.5 Å². The van der Waals surface area contributed by atoms with Crippen LogP contribution in [-0.4, -0.2) is 10.2 Å². The summed E-state index contributed by atoms with van der Waals surface area (Å²) >= 11 is 0. The molecule has 2 aromatic rings. The molecule has 3 heteroatoms. The van der Waals surface area contributed by atoms with E-state index < -0.39 is 0 Å². The van der Waals surface area contributed by atoms with E-state index in [9.17, 15) is 9.50 Å². The smallest absolute Gasteiger partial charge is 0.131 e. The van der Waals surface area contributed by atoms with Crippen LogP contribution in [0.15, 0.2) is 36.4 Å². The van der Waals surface area contributed by atoms with E-state index in [1.807, 2.05) is 6.07 Å². The quantitative estimate of drug-likeness (QED) is 0.881. The molecule has 19 heavy (non-hydrogen) atoms. The van der Waals surface area contributed by atoms with Crippen LogP contribution in [-0.2, 0) is 13.0 Å². The highest BCUT2D eigenvalue weighted by atomic mass is 19.1. The van der Waals surface area contributed by atoms with Gasteiger partial charge < -0.3 is 10.2 Å². The zero-order valence-corrected chi connectivity index (χ0v) is 10.9. The SMILES string of the molecule is CCCc1ccc(-c2ccc(CO)c(O)c2)c(F)c1. The van der Waals surface area contributed by atoms with Gasteiger partial charge in [-0.05, 0) is 29.7 Å². The van der Waals surface area contributed by atoms with Crippen molar-refractivity contribution in [3.8, 4) is 16.9 Å². The van der Waals surface area contributed by atoms with Gasteiger partial charge in [-0.25, -0.2) is 4.39 Å². The molecular weight excluding hydrogens is 243 g/mol. The van der Waals surface area contributed by atoms with E-state index in [2.05, 4.69) is 6.92 Å². The van der Waals surface area contributed by atoms with Crippen LogP contribution >= 0.6 is 0 Å². The van der Waals surface area contributed by atoms with Crippen molar-refractivity contribution in [1.29, 1.82) is 0 Å². The number of rotatable bonds is 4. The number of hydrogen-bond donors (Lipinski definition) is 2. The van der Waals surface area contributed by atoms with Crippen LogP contribution in [0.1, 0.15) is 24.5 Å².